The Bertz CT molecular complexity index is 1980. The highest BCUT2D eigenvalue weighted by Crippen LogP contribution is 2.45. The lowest BCUT2D eigenvalue weighted by atomic mass is 10.00. The first kappa shape index (κ1) is 90.0. The van der Waals surface area contributed by atoms with Crippen LogP contribution in [-0.4, -0.2) is 96.7 Å². The maximum atomic E-state index is 13.0. The van der Waals surface area contributed by atoms with Crippen molar-refractivity contribution in [3.05, 3.63) is 48.6 Å². The summed E-state index contributed by atoms with van der Waals surface area (Å²) in [4.78, 5) is 72.7. The van der Waals surface area contributed by atoms with Crippen molar-refractivity contribution < 1.29 is 80.2 Å². The molecule has 0 radical (unpaired) electrons. The second-order valence-corrected chi connectivity index (χ2v) is 28.5. The molecule has 3 N–H and O–H groups in total. The molecule has 0 amide bonds. The number of unbranched alkanes of at least 4 members (excludes halogenated alkanes) is 35. The van der Waals surface area contributed by atoms with Crippen LogP contribution in [0, 0.1) is 5.92 Å². The Kier molecular flexibility index (Phi) is 64.1. The summed E-state index contributed by atoms with van der Waals surface area (Å²) in [6.45, 7) is 7.10. The number of carbonyl (C=O) groups excluding carboxylic acids is 4. The Morgan fingerprint density at radius 3 is 0.914 bits per heavy atom. The van der Waals surface area contributed by atoms with Crippen LogP contribution in [0.1, 0.15) is 336 Å². The number of rotatable bonds is 70. The maximum Gasteiger partial charge on any atom is 0.472 e. The summed E-state index contributed by atoms with van der Waals surface area (Å²) in [5.74, 6) is -1.45. The molecule has 0 aromatic rings. The molecule has 0 bridgehead atoms. The number of aliphatic hydroxyl groups is 1. The quantitative estimate of drug-likeness (QED) is 0.0169. The number of ether oxygens (including phenoxy) is 4. The summed E-state index contributed by atoms with van der Waals surface area (Å²) in [6, 6.07) is 0. The summed E-state index contributed by atoms with van der Waals surface area (Å²) in [5.41, 5.74) is 0. The van der Waals surface area contributed by atoms with Crippen molar-refractivity contribution >= 4 is 39.5 Å². The molecule has 3 unspecified atom stereocenters. The van der Waals surface area contributed by atoms with Crippen molar-refractivity contribution in [2.75, 3.05) is 39.6 Å². The molecular weight excluding hydrogens is 1220 g/mol. The Balaban J connectivity index is 5.33. The van der Waals surface area contributed by atoms with Gasteiger partial charge in [0.15, 0.2) is 12.2 Å². The van der Waals surface area contributed by atoms with Crippen LogP contribution in [0.5, 0.6) is 0 Å². The second-order valence-electron chi connectivity index (χ2n) is 25.6. The van der Waals surface area contributed by atoms with Crippen LogP contribution in [0.15, 0.2) is 48.6 Å². The fraction of sp³-hybridized carbons (Fsp3) is 0.838. The first-order valence-electron chi connectivity index (χ1n) is 37.3. The van der Waals surface area contributed by atoms with Gasteiger partial charge in [-0.2, -0.15) is 0 Å². The van der Waals surface area contributed by atoms with E-state index < -0.39 is 97.5 Å². The van der Waals surface area contributed by atoms with Gasteiger partial charge in [0.05, 0.1) is 26.4 Å². The number of aliphatic hydroxyl groups excluding tert-OH is 1. The zero-order valence-electron chi connectivity index (χ0n) is 59.4. The fourth-order valence-corrected chi connectivity index (χ4v) is 11.8. The van der Waals surface area contributed by atoms with Crippen molar-refractivity contribution in [3.8, 4) is 0 Å². The van der Waals surface area contributed by atoms with Gasteiger partial charge in [0.25, 0.3) is 0 Å². The van der Waals surface area contributed by atoms with Crippen molar-refractivity contribution in [3.63, 3.8) is 0 Å². The normalized spacial score (nSPS) is 14.6. The third-order valence-corrected chi connectivity index (χ3v) is 18.3. The summed E-state index contributed by atoms with van der Waals surface area (Å²) in [5, 5.41) is 10.6. The Labute approximate surface area is 566 Å². The van der Waals surface area contributed by atoms with E-state index in [0.29, 0.717) is 25.7 Å². The molecule has 6 atom stereocenters. The first-order valence-corrected chi connectivity index (χ1v) is 40.3. The summed E-state index contributed by atoms with van der Waals surface area (Å²) >= 11 is 0. The van der Waals surface area contributed by atoms with E-state index in [1.165, 1.54) is 122 Å². The van der Waals surface area contributed by atoms with E-state index in [9.17, 15) is 43.2 Å². The van der Waals surface area contributed by atoms with E-state index in [-0.39, 0.29) is 25.7 Å². The fourth-order valence-electron chi connectivity index (χ4n) is 10.2. The highest BCUT2D eigenvalue weighted by Gasteiger charge is 2.30. The molecule has 0 spiro atoms. The van der Waals surface area contributed by atoms with Crippen LogP contribution in [0.25, 0.3) is 0 Å². The van der Waals surface area contributed by atoms with Gasteiger partial charge >= 0.3 is 39.5 Å². The molecule has 93 heavy (non-hydrogen) atoms. The van der Waals surface area contributed by atoms with Crippen LogP contribution >= 0.6 is 15.6 Å². The highest BCUT2D eigenvalue weighted by molar-refractivity contribution is 7.47. The van der Waals surface area contributed by atoms with Gasteiger partial charge in [0.2, 0.25) is 0 Å². The van der Waals surface area contributed by atoms with Gasteiger partial charge in [-0.1, -0.05) is 282 Å². The molecule has 0 saturated carbocycles. The molecule has 0 aromatic heterocycles. The predicted octanol–water partition coefficient (Wildman–Crippen LogP) is 20.8. The van der Waals surface area contributed by atoms with Crippen LogP contribution in [-0.2, 0) is 65.4 Å². The van der Waals surface area contributed by atoms with Crippen molar-refractivity contribution in [2.24, 2.45) is 5.92 Å². The number of phosphoric ester groups is 2. The van der Waals surface area contributed by atoms with E-state index in [1.54, 1.807) is 0 Å². The zero-order chi connectivity index (χ0) is 68.4. The molecule has 0 aliphatic rings. The van der Waals surface area contributed by atoms with Gasteiger partial charge in [-0.25, -0.2) is 9.13 Å². The Morgan fingerprint density at radius 2 is 0.602 bits per heavy atom. The van der Waals surface area contributed by atoms with E-state index in [2.05, 4.69) is 83.2 Å². The lowest BCUT2D eigenvalue weighted by Crippen LogP contribution is -2.30. The van der Waals surface area contributed by atoms with Gasteiger partial charge in [-0.15, -0.1) is 0 Å². The molecule has 0 aliphatic heterocycles. The van der Waals surface area contributed by atoms with Crippen LogP contribution in [0.3, 0.4) is 0 Å². The second kappa shape index (κ2) is 66.3. The maximum absolute atomic E-state index is 13.0. The Morgan fingerprint density at radius 1 is 0.344 bits per heavy atom. The molecule has 0 aromatic carbocycles. The molecule has 544 valence electrons. The molecular formula is C74H136O17P2. The Hall–Kier alpha value is -2.98. The van der Waals surface area contributed by atoms with Gasteiger partial charge in [0.1, 0.15) is 19.3 Å². The van der Waals surface area contributed by atoms with Crippen molar-refractivity contribution in [1.29, 1.82) is 0 Å². The SMILES string of the molecule is CCCCCC/C=C\C=C/CCCCCCCC(=O)OC[C@H](COP(=O)(O)OC[C@@H](O)COP(=O)(O)OC[C@@H](COC(=O)CCCCCCCCC(C)CC)OC(=O)CCCCCCCCCCCCCCC)OC(=O)CCCCCCC/C=C\C=C/CCCCCC. The van der Waals surface area contributed by atoms with Crippen LogP contribution < -0.4 is 0 Å². The van der Waals surface area contributed by atoms with Gasteiger partial charge in [-0.3, -0.25) is 37.3 Å². The molecule has 0 saturated heterocycles. The molecule has 17 nitrogen and oxygen atoms in total. The standard InChI is InChI=1S/C74H136O17P2/c1-6-10-13-16-19-22-25-28-30-33-35-38-41-47-52-57-71(76)84-63-69(90-73(78)60-55-50-43-40-37-34-31-29-26-23-20-17-14-11-7-2)65-88-92(80,81)86-61-68(75)62-87-93(82,83)89-66-70(64-85-72(77)58-53-48-45-44-46-51-56-67(5)9-4)91-74(79)59-54-49-42-39-36-32-27-24-21-18-15-12-8-3/h22-23,25-26,28-31,67-70,75H,6-21,24,27,32-66H2,1-5H3,(H,80,81)(H,82,83)/b25-22-,26-23-,30-28-,31-29-/t67?,68-,69-,70-/m1/s1. The van der Waals surface area contributed by atoms with E-state index in [0.717, 1.165) is 134 Å². The smallest absolute Gasteiger partial charge is 0.462 e. The van der Waals surface area contributed by atoms with Crippen LogP contribution in [0.2, 0.25) is 0 Å². The summed E-state index contributed by atoms with van der Waals surface area (Å²) in [6.07, 6.45) is 59.8. The van der Waals surface area contributed by atoms with Gasteiger partial charge < -0.3 is 33.8 Å². The van der Waals surface area contributed by atoms with E-state index >= 15 is 0 Å². The predicted molar refractivity (Wildman–Crippen MR) is 377 cm³/mol. The molecule has 0 heterocycles. The minimum Gasteiger partial charge on any atom is -0.462 e. The highest BCUT2D eigenvalue weighted by atomic mass is 31.2. The minimum absolute atomic E-state index is 0.0781. The number of hydrogen-bond acceptors (Lipinski definition) is 15. The third kappa shape index (κ3) is 66.1. The average molecular weight is 1360 g/mol. The molecule has 19 heteroatoms. The first-order chi connectivity index (χ1) is 45.1. The van der Waals surface area contributed by atoms with Crippen molar-refractivity contribution in [2.45, 2.75) is 355 Å². The largest absolute Gasteiger partial charge is 0.472 e. The van der Waals surface area contributed by atoms with Crippen molar-refractivity contribution in [1.82, 2.24) is 0 Å². The summed E-state index contributed by atoms with van der Waals surface area (Å²) in [7, 11) is -9.93. The molecule has 0 fully saturated rings. The zero-order valence-corrected chi connectivity index (χ0v) is 61.1. The topological polar surface area (TPSA) is 237 Å². The average Bonchev–Trinajstić information content (AvgIpc) is 1.98. The third-order valence-electron chi connectivity index (χ3n) is 16.4. The van der Waals surface area contributed by atoms with E-state index in [1.807, 2.05) is 0 Å². The monoisotopic (exact) mass is 1360 g/mol. The number of allylic oxidation sites excluding steroid dienone is 8. The minimum atomic E-state index is -4.97. The molecule has 0 aliphatic carbocycles. The lowest BCUT2D eigenvalue weighted by Gasteiger charge is -2.21. The van der Waals surface area contributed by atoms with Gasteiger partial charge in [0, 0.05) is 25.7 Å². The molecule has 0 rings (SSSR count). The number of hydrogen-bond donors (Lipinski definition) is 3. The number of esters is 4. The number of carbonyl (C=O) groups is 4. The van der Waals surface area contributed by atoms with E-state index in [4.69, 9.17) is 37.0 Å². The summed E-state index contributed by atoms with van der Waals surface area (Å²) < 4.78 is 68.3. The van der Waals surface area contributed by atoms with Crippen LogP contribution in [0.4, 0.5) is 0 Å². The lowest BCUT2D eigenvalue weighted by molar-refractivity contribution is -0.161. The number of phosphoric acid groups is 2. The van der Waals surface area contributed by atoms with Gasteiger partial charge in [-0.05, 0) is 83.0 Å².